The van der Waals surface area contributed by atoms with Gasteiger partial charge in [-0.25, -0.2) is 9.59 Å². The Hall–Kier alpha value is -5.32. The summed E-state index contributed by atoms with van der Waals surface area (Å²) in [6, 6.07) is 6.30. The SMILES string of the molecule is COCOc1cc(OC)cc2c1C(=O)O[C@H]1CCC[C@@H]1/C=C\C(=O)[C@H]1OC(C)(C)O[C@H]1C/C=C/2.COc1cc(O)c2c(c1)/C=C/C[C@H](O)[C@H](O)C(=O)/C=C\[C@H]1CCC[C@@H]1OC2=O. The van der Waals surface area contributed by atoms with Crippen LogP contribution in [0.1, 0.15) is 97.1 Å². The molecule has 2 aliphatic carbocycles. The van der Waals surface area contributed by atoms with Gasteiger partial charge in [0.25, 0.3) is 0 Å². The number of hydrogen-bond donors (Lipinski definition) is 3. The lowest BCUT2D eigenvalue weighted by Crippen LogP contribution is -2.32. The molecule has 2 aromatic carbocycles. The molecule has 8 atom stereocenters. The summed E-state index contributed by atoms with van der Waals surface area (Å²) in [5.74, 6) is -2.02. The monoisotopic (exact) mass is 860 g/mol. The number of ether oxygens (including phenoxy) is 8. The molecule has 0 amide bonds. The van der Waals surface area contributed by atoms with Crippen LogP contribution >= 0.6 is 0 Å². The first-order chi connectivity index (χ1) is 29.7. The van der Waals surface area contributed by atoms with Crippen molar-refractivity contribution < 1.29 is 72.4 Å². The smallest absolute Gasteiger partial charge is 0.342 e. The molecular formula is C47H56O15. The number of aliphatic hydroxyl groups is 2. The Balaban J connectivity index is 0.000000211. The lowest BCUT2D eigenvalue weighted by molar-refractivity contribution is -0.152. The van der Waals surface area contributed by atoms with E-state index in [2.05, 4.69) is 0 Å². The van der Waals surface area contributed by atoms with Crippen molar-refractivity contribution in [1.29, 1.82) is 0 Å². The number of aromatic hydroxyl groups is 1. The van der Waals surface area contributed by atoms with Crippen molar-refractivity contribution in [2.45, 2.75) is 108 Å². The van der Waals surface area contributed by atoms with Gasteiger partial charge in [0.1, 0.15) is 58.5 Å². The maximum atomic E-state index is 13.4. The van der Waals surface area contributed by atoms with E-state index < -0.39 is 54.0 Å². The molecule has 3 fully saturated rings. The van der Waals surface area contributed by atoms with Crippen LogP contribution in [0.2, 0.25) is 0 Å². The van der Waals surface area contributed by atoms with Gasteiger partial charge in [0.2, 0.25) is 0 Å². The third kappa shape index (κ3) is 11.2. The summed E-state index contributed by atoms with van der Waals surface area (Å²) < 4.78 is 44.8. The number of fused-ring (bicyclic) bond motifs is 5. The van der Waals surface area contributed by atoms with E-state index in [-0.39, 0.29) is 48.2 Å². The van der Waals surface area contributed by atoms with E-state index in [4.69, 9.17) is 37.9 Å². The van der Waals surface area contributed by atoms with Crippen molar-refractivity contribution in [3.05, 3.63) is 83.0 Å². The minimum atomic E-state index is -1.54. The highest BCUT2D eigenvalue weighted by atomic mass is 16.8. The predicted molar refractivity (Wildman–Crippen MR) is 225 cm³/mol. The number of phenolic OH excluding ortho intramolecular Hbond substituents is 1. The van der Waals surface area contributed by atoms with Crippen molar-refractivity contribution in [2.75, 3.05) is 28.1 Å². The summed E-state index contributed by atoms with van der Waals surface area (Å²) in [6.07, 6.45) is 13.3. The van der Waals surface area contributed by atoms with Crippen molar-refractivity contribution in [3.63, 3.8) is 0 Å². The van der Waals surface area contributed by atoms with Gasteiger partial charge in [0, 0.05) is 31.1 Å². The number of aliphatic hydroxyl groups excluding tert-OH is 2. The second kappa shape index (κ2) is 20.7. The van der Waals surface area contributed by atoms with Crippen LogP contribution < -0.4 is 14.2 Å². The Bertz CT molecular complexity index is 2080. The van der Waals surface area contributed by atoms with E-state index in [1.165, 1.54) is 38.5 Å². The number of hydrogen-bond acceptors (Lipinski definition) is 15. The molecule has 0 bridgehead atoms. The molecule has 62 heavy (non-hydrogen) atoms. The van der Waals surface area contributed by atoms with Gasteiger partial charge in [-0.15, -0.1) is 0 Å². The molecule has 0 radical (unpaired) electrons. The Labute approximate surface area is 360 Å². The molecular weight excluding hydrogens is 805 g/mol. The van der Waals surface area contributed by atoms with E-state index in [0.29, 0.717) is 46.8 Å². The highest BCUT2D eigenvalue weighted by Gasteiger charge is 2.44. The fraction of sp³-hybridized carbons (Fsp3) is 0.489. The summed E-state index contributed by atoms with van der Waals surface area (Å²) in [5.41, 5.74) is 1.25. The van der Waals surface area contributed by atoms with Crippen LogP contribution in [0.15, 0.2) is 60.7 Å². The number of carbonyl (C=O) groups is 4. The molecule has 334 valence electrons. The number of rotatable bonds is 5. The van der Waals surface area contributed by atoms with Gasteiger partial charge >= 0.3 is 11.9 Å². The van der Waals surface area contributed by atoms with Crippen LogP contribution in [0.5, 0.6) is 23.0 Å². The normalized spacial score (nSPS) is 30.4. The molecule has 3 N–H and O–H groups in total. The lowest BCUT2D eigenvalue weighted by Gasteiger charge is -2.21. The Kier molecular flexibility index (Phi) is 15.4. The summed E-state index contributed by atoms with van der Waals surface area (Å²) in [4.78, 5) is 51.2. The lowest BCUT2D eigenvalue weighted by atomic mass is 9.99. The van der Waals surface area contributed by atoms with Gasteiger partial charge in [0.15, 0.2) is 24.1 Å². The van der Waals surface area contributed by atoms with E-state index in [9.17, 15) is 34.5 Å². The largest absolute Gasteiger partial charge is 0.507 e. The number of methoxy groups -OCH3 is 3. The molecule has 2 aromatic rings. The predicted octanol–water partition coefficient (Wildman–Crippen LogP) is 6.06. The van der Waals surface area contributed by atoms with E-state index in [0.717, 1.165) is 32.1 Å². The maximum Gasteiger partial charge on any atom is 0.342 e. The molecule has 2 saturated carbocycles. The molecule has 15 nitrogen and oxygen atoms in total. The zero-order valence-corrected chi connectivity index (χ0v) is 35.7. The van der Waals surface area contributed by atoms with E-state index in [1.54, 1.807) is 57.4 Å². The molecule has 15 heteroatoms. The van der Waals surface area contributed by atoms with Crippen LogP contribution in [0, 0.1) is 11.8 Å². The zero-order chi connectivity index (χ0) is 44.6. The molecule has 5 aliphatic rings. The van der Waals surface area contributed by atoms with Gasteiger partial charge in [-0.2, -0.15) is 0 Å². The van der Waals surface area contributed by atoms with Gasteiger partial charge < -0.3 is 53.2 Å². The minimum absolute atomic E-state index is 0.00912. The van der Waals surface area contributed by atoms with Crippen LogP contribution in [0.4, 0.5) is 0 Å². The van der Waals surface area contributed by atoms with Crippen LogP contribution in [-0.4, -0.2) is 109 Å². The number of esters is 2. The Morgan fingerprint density at radius 1 is 0.677 bits per heavy atom. The molecule has 3 aliphatic heterocycles. The van der Waals surface area contributed by atoms with Gasteiger partial charge in [0.05, 0.1) is 26.4 Å². The summed E-state index contributed by atoms with van der Waals surface area (Å²) in [6.45, 7) is 3.57. The second-order valence-corrected chi connectivity index (χ2v) is 16.2. The minimum Gasteiger partial charge on any atom is -0.507 e. The van der Waals surface area contributed by atoms with Gasteiger partial charge in [-0.3, -0.25) is 9.59 Å². The van der Waals surface area contributed by atoms with Crippen molar-refractivity contribution in [2.24, 2.45) is 11.8 Å². The van der Waals surface area contributed by atoms with Crippen LogP contribution in [0.3, 0.4) is 0 Å². The molecule has 0 aromatic heterocycles. The Morgan fingerprint density at radius 3 is 1.85 bits per heavy atom. The van der Waals surface area contributed by atoms with Crippen molar-refractivity contribution >= 4 is 35.7 Å². The van der Waals surface area contributed by atoms with Crippen LogP contribution in [-0.2, 0) is 33.3 Å². The van der Waals surface area contributed by atoms with Crippen molar-refractivity contribution in [1.82, 2.24) is 0 Å². The molecule has 7 rings (SSSR count). The quantitative estimate of drug-likeness (QED) is 0.231. The van der Waals surface area contributed by atoms with Crippen molar-refractivity contribution in [3.8, 4) is 23.0 Å². The zero-order valence-electron chi connectivity index (χ0n) is 35.7. The summed E-state index contributed by atoms with van der Waals surface area (Å²) >= 11 is 0. The van der Waals surface area contributed by atoms with Gasteiger partial charge in [-0.05, 0) is 101 Å². The highest BCUT2D eigenvalue weighted by molar-refractivity contribution is 5.98. The van der Waals surface area contributed by atoms with E-state index >= 15 is 0 Å². The first kappa shape index (κ1) is 46.2. The average Bonchev–Trinajstić information content (AvgIpc) is 3.97. The molecule has 1 saturated heterocycles. The van der Waals surface area contributed by atoms with Crippen LogP contribution in [0.25, 0.3) is 12.2 Å². The third-order valence-electron chi connectivity index (χ3n) is 11.4. The molecule has 3 heterocycles. The average molecular weight is 861 g/mol. The third-order valence-corrected chi connectivity index (χ3v) is 11.4. The molecule has 0 spiro atoms. The number of phenols is 1. The first-order valence-electron chi connectivity index (χ1n) is 20.9. The fourth-order valence-electron chi connectivity index (χ4n) is 8.30. The number of carbonyl (C=O) groups excluding carboxylic acids is 4. The van der Waals surface area contributed by atoms with E-state index in [1.807, 2.05) is 12.2 Å². The second-order valence-electron chi connectivity index (χ2n) is 16.2. The number of benzene rings is 2. The highest BCUT2D eigenvalue weighted by Crippen LogP contribution is 2.38. The standard InChI is InChI=1S/C26H32O8.C21H24O7/c1-26(2)33-21-10-6-8-17-13-18(30-4)14-22(31-15-29-3)23(17)25(28)32-20-9-5-7-16(20)11-12-19(27)24(21)34-26;1-27-14-10-13-5-2-6-15(22)20(25)16(23)9-8-12-4-3-7-18(12)28-21(26)19(13)17(24)11-14/h6,8,11-14,16,20-21,24H,5,7,9-10,15H2,1-4H3;2,5,8-12,15,18,20,22,24-25H,3-4,6-7H2,1H3/b8-6+,12-11-;5-2+,9-8-/t16-,20+,21+,24-;12-,15+,18+,20+/m11/s1. The first-order valence-corrected chi connectivity index (χ1v) is 20.9. The topological polar surface area (TPSA) is 203 Å². The van der Waals surface area contributed by atoms with Gasteiger partial charge in [-0.1, -0.05) is 36.5 Å². The Morgan fingerprint density at radius 2 is 1.24 bits per heavy atom. The summed E-state index contributed by atoms with van der Waals surface area (Å²) in [5, 5.41) is 30.5. The summed E-state index contributed by atoms with van der Waals surface area (Å²) in [7, 11) is 4.49. The molecule has 0 unspecified atom stereocenters. The maximum absolute atomic E-state index is 13.4. The number of ketones is 2. The fourth-order valence-corrected chi connectivity index (χ4v) is 8.30.